The molecule has 0 N–H and O–H groups in total. The van der Waals surface area contributed by atoms with Gasteiger partial charge in [0.1, 0.15) is 0 Å². The van der Waals surface area contributed by atoms with Gasteiger partial charge < -0.3 is 4.74 Å². The van der Waals surface area contributed by atoms with Crippen LogP contribution in [0.15, 0.2) is 14.7 Å². The molecule has 9 nitrogen and oxygen atoms in total. The Hall–Kier alpha value is -2.42. The SMILES string of the molecule is CCOCCN1N=C(C(C)(C)C)Cn2c1nc1c2c(=O)n(C)c(=O)n1C. The maximum absolute atomic E-state index is 12.8. The highest BCUT2D eigenvalue weighted by Crippen LogP contribution is 2.28. The highest BCUT2D eigenvalue weighted by atomic mass is 16.5. The van der Waals surface area contributed by atoms with Crippen LogP contribution in [0.3, 0.4) is 0 Å². The summed E-state index contributed by atoms with van der Waals surface area (Å²) in [4.78, 5) is 29.6. The number of anilines is 1. The predicted molar refractivity (Wildman–Crippen MR) is 101 cm³/mol. The standard InChI is InChI=1S/C17H26N6O3/c1-7-26-9-8-23-15-18-13-12(14(24)21(6)16(25)20(13)5)22(15)10-11(19-23)17(2,3)4/h7-10H2,1-6H3. The zero-order valence-electron chi connectivity index (χ0n) is 16.2. The van der Waals surface area contributed by atoms with Crippen LogP contribution in [-0.2, 0) is 25.4 Å². The normalized spacial score (nSPS) is 14.7. The lowest BCUT2D eigenvalue weighted by atomic mass is 9.89. The van der Waals surface area contributed by atoms with Crippen LogP contribution in [0.1, 0.15) is 27.7 Å². The highest BCUT2D eigenvalue weighted by molar-refractivity contribution is 5.93. The molecule has 0 saturated carbocycles. The molecule has 2 aromatic rings. The second-order valence-electron chi connectivity index (χ2n) is 7.49. The first-order valence-corrected chi connectivity index (χ1v) is 8.76. The van der Waals surface area contributed by atoms with Crippen LogP contribution < -0.4 is 16.3 Å². The second kappa shape index (κ2) is 6.39. The van der Waals surface area contributed by atoms with Crippen LogP contribution in [0.2, 0.25) is 0 Å². The van der Waals surface area contributed by atoms with Crippen molar-refractivity contribution < 1.29 is 4.74 Å². The van der Waals surface area contributed by atoms with Crippen molar-refractivity contribution in [3.63, 3.8) is 0 Å². The Morgan fingerprint density at radius 3 is 2.46 bits per heavy atom. The second-order valence-corrected chi connectivity index (χ2v) is 7.49. The van der Waals surface area contributed by atoms with E-state index in [9.17, 15) is 9.59 Å². The molecule has 0 radical (unpaired) electrons. The Labute approximate surface area is 151 Å². The lowest BCUT2D eigenvalue weighted by Crippen LogP contribution is -2.40. The van der Waals surface area contributed by atoms with Crippen molar-refractivity contribution in [2.75, 3.05) is 24.8 Å². The lowest BCUT2D eigenvalue weighted by Gasteiger charge is -2.31. The smallest absolute Gasteiger partial charge is 0.332 e. The summed E-state index contributed by atoms with van der Waals surface area (Å²) in [5.41, 5.74) is 0.834. The summed E-state index contributed by atoms with van der Waals surface area (Å²) in [6.07, 6.45) is 0. The molecule has 3 rings (SSSR count). The minimum atomic E-state index is -0.393. The van der Waals surface area contributed by atoms with Crippen molar-refractivity contribution in [1.82, 2.24) is 18.7 Å². The number of imidazole rings is 1. The molecule has 0 fully saturated rings. The Morgan fingerprint density at radius 1 is 1.15 bits per heavy atom. The molecule has 0 spiro atoms. The van der Waals surface area contributed by atoms with Gasteiger partial charge in [0.05, 0.1) is 25.4 Å². The first-order chi connectivity index (χ1) is 12.2. The molecule has 9 heteroatoms. The van der Waals surface area contributed by atoms with E-state index in [4.69, 9.17) is 9.84 Å². The summed E-state index contributed by atoms with van der Waals surface area (Å²) in [6, 6.07) is 0. The molecule has 142 valence electrons. The van der Waals surface area contributed by atoms with Crippen LogP contribution in [0.25, 0.3) is 11.2 Å². The lowest BCUT2D eigenvalue weighted by molar-refractivity contribution is 0.153. The average Bonchev–Trinajstić information content (AvgIpc) is 2.97. The first kappa shape index (κ1) is 18.4. The molecule has 2 aromatic heterocycles. The van der Waals surface area contributed by atoms with Crippen LogP contribution in [-0.4, -0.2) is 44.2 Å². The summed E-state index contributed by atoms with van der Waals surface area (Å²) in [6.45, 7) is 10.3. The van der Waals surface area contributed by atoms with E-state index in [1.807, 2.05) is 11.5 Å². The number of fused-ring (bicyclic) bond motifs is 3. The fourth-order valence-electron chi connectivity index (χ4n) is 2.99. The van der Waals surface area contributed by atoms with Crippen molar-refractivity contribution in [2.45, 2.75) is 34.2 Å². The number of nitrogens with zero attached hydrogens (tertiary/aromatic N) is 6. The minimum absolute atomic E-state index is 0.163. The van der Waals surface area contributed by atoms with Crippen LogP contribution in [0.4, 0.5) is 5.95 Å². The Bertz CT molecular complexity index is 989. The van der Waals surface area contributed by atoms with Crippen LogP contribution in [0.5, 0.6) is 0 Å². The molecular weight excluding hydrogens is 336 g/mol. The third-order valence-corrected chi connectivity index (χ3v) is 4.63. The van der Waals surface area contributed by atoms with Gasteiger partial charge in [0.15, 0.2) is 11.2 Å². The van der Waals surface area contributed by atoms with Crippen molar-refractivity contribution in [3.8, 4) is 0 Å². The molecular formula is C17H26N6O3. The summed E-state index contributed by atoms with van der Waals surface area (Å²) < 4.78 is 9.84. The predicted octanol–water partition coefficient (Wildman–Crippen LogP) is 0.692. The van der Waals surface area contributed by atoms with E-state index in [1.54, 1.807) is 12.1 Å². The van der Waals surface area contributed by atoms with Gasteiger partial charge in [0.2, 0.25) is 5.95 Å². The third-order valence-electron chi connectivity index (χ3n) is 4.63. The van der Waals surface area contributed by atoms with Crippen LogP contribution in [0, 0.1) is 5.41 Å². The van der Waals surface area contributed by atoms with Gasteiger partial charge in [-0.3, -0.25) is 18.5 Å². The van der Waals surface area contributed by atoms with Crippen molar-refractivity contribution in [3.05, 3.63) is 20.8 Å². The number of aromatic nitrogens is 4. The van der Waals surface area contributed by atoms with Crippen LogP contribution >= 0.6 is 0 Å². The van der Waals surface area contributed by atoms with E-state index in [0.717, 1.165) is 10.3 Å². The molecule has 1 aliphatic heterocycles. The Morgan fingerprint density at radius 2 is 1.85 bits per heavy atom. The van der Waals surface area contributed by atoms with E-state index in [1.165, 1.54) is 11.6 Å². The van der Waals surface area contributed by atoms with Crippen molar-refractivity contribution in [2.24, 2.45) is 24.6 Å². The summed E-state index contributed by atoms with van der Waals surface area (Å²) in [5.74, 6) is 0.561. The topological polar surface area (TPSA) is 86.7 Å². The molecule has 0 saturated heterocycles. The Kier molecular flexibility index (Phi) is 4.51. The number of hydrazone groups is 1. The summed E-state index contributed by atoms with van der Waals surface area (Å²) in [7, 11) is 3.11. The fraction of sp³-hybridized carbons (Fsp3) is 0.647. The molecule has 0 aliphatic carbocycles. The molecule has 0 unspecified atom stereocenters. The molecule has 3 heterocycles. The summed E-state index contributed by atoms with van der Waals surface area (Å²) in [5, 5.41) is 6.52. The van der Waals surface area contributed by atoms with E-state index >= 15 is 0 Å². The van der Waals surface area contributed by atoms with E-state index < -0.39 is 5.69 Å². The number of aryl methyl sites for hydroxylation is 1. The minimum Gasteiger partial charge on any atom is -0.380 e. The largest absolute Gasteiger partial charge is 0.380 e. The zero-order valence-corrected chi connectivity index (χ0v) is 16.2. The maximum Gasteiger partial charge on any atom is 0.332 e. The molecule has 0 bridgehead atoms. The summed E-state index contributed by atoms with van der Waals surface area (Å²) >= 11 is 0. The van der Waals surface area contributed by atoms with Gasteiger partial charge in [-0.05, 0) is 6.92 Å². The number of hydrogen-bond donors (Lipinski definition) is 0. The fourth-order valence-corrected chi connectivity index (χ4v) is 2.99. The third kappa shape index (κ3) is 2.86. The number of ether oxygens (including phenoxy) is 1. The average molecular weight is 362 g/mol. The monoisotopic (exact) mass is 362 g/mol. The van der Waals surface area contributed by atoms with Gasteiger partial charge in [0.25, 0.3) is 5.56 Å². The number of rotatable bonds is 4. The quantitative estimate of drug-likeness (QED) is 0.747. The molecule has 26 heavy (non-hydrogen) atoms. The molecule has 0 aromatic carbocycles. The molecule has 0 atom stereocenters. The van der Waals surface area contributed by atoms with Gasteiger partial charge in [0, 0.05) is 26.1 Å². The first-order valence-electron chi connectivity index (χ1n) is 8.76. The van der Waals surface area contributed by atoms with Gasteiger partial charge in [-0.2, -0.15) is 10.1 Å². The Balaban J connectivity index is 2.23. The number of hydrogen-bond acceptors (Lipinski definition) is 6. The molecule has 1 aliphatic rings. The highest BCUT2D eigenvalue weighted by Gasteiger charge is 2.31. The van der Waals surface area contributed by atoms with Crippen molar-refractivity contribution in [1.29, 1.82) is 0 Å². The van der Waals surface area contributed by atoms with Gasteiger partial charge in [-0.25, -0.2) is 9.80 Å². The van der Waals surface area contributed by atoms with Crippen molar-refractivity contribution >= 4 is 22.8 Å². The van der Waals surface area contributed by atoms with Gasteiger partial charge in [-0.1, -0.05) is 20.8 Å². The van der Waals surface area contributed by atoms with E-state index in [-0.39, 0.29) is 11.0 Å². The molecule has 0 amide bonds. The van der Waals surface area contributed by atoms with E-state index in [0.29, 0.717) is 43.4 Å². The maximum atomic E-state index is 12.8. The van der Waals surface area contributed by atoms with Gasteiger partial charge >= 0.3 is 5.69 Å². The van der Waals surface area contributed by atoms with Gasteiger partial charge in [-0.15, -0.1) is 0 Å². The van der Waals surface area contributed by atoms with E-state index in [2.05, 4.69) is 25.8 Å². The zero-order chi connectivity index (χ0) is 19.2.